The molecule has 100 valence electrons. The predicted molar refractivity (Wildman–Crippen MR) is 76.2 cm³/mol. The minimum absolute atomic E-state index is 0.139. The molecular weight excluding hydrogens is 286 g/mol. The lowest BCUT2D eigenvalue weighted by molar-refractivity contribution is 0.530. The van der Waals surface area contributed by atoms with Crippen molar-refractivity contribution >= 4 is 23.2 Å². The second kappa shape index (κ2) is 6.33. The van der Waals surface area contributed by atoms with Crippen LogP contribution in [0.1, 0.15) is 17.2 Å². The molecule has 0 amide bonds. The smallest absolute Gasteiger partial charge is 0.146 e. The number of benzene rings is 1. The molecule has 2 nitrogen and oxygen atoms in total. The molecule has 0 spiro atoms. The Morgan fingerprint density at radius 2 is 2.05 bits per heavy atom. The summed E-state index contributed by atoms with van der Waals surface area (Å²) in [6.45, 7) is 0. The van der Waals surface area contributed by atoms with Crippen LogP contribution in [0.3, 0.4) is 0 Å². The summed E-state index contributed by atoms with van der Waals surface area (Å²) < 4.78 is 13.7. The van der Waals surface area contributed by atoms with Gasteiger partial charge in [0.05, 0.1) is 16.2 Å². The molecular formula is C14H13Cl2FN2. The molecule has 5 heteroatoms. The van der Waals surface area contributed by atoms with Crippen LogP contribution in [0, 0.1) is 5.82 Å². The van der Waals surface area contributed by atoms with Crippen LogP contribution in [0.2, 0.25) is 10.0 Å². The van der Waals surface area contributed by atoms with Gasteiger partial charge in [-0.05, 0) is 37.2 Å². The van der Waals surface area contributed by atoms with Gasteiger partial charge in [-0.2, -0.15) is 0 Å². The Hall–Kier alpha value is -1.16. The average molecular weight is 299 g/mol. The Morgan fingerprint density at radius 1 is 1.26 bits per heavy atom. The Labute approximate surface area is 121 Å². The fourth-order valence-corrected chi connectivity index (χ4v) is 2.26. The summed E-state index contributed by atoms with van der Waals surface area (Å²) in [4.78, 5) is 3.75. The number of likely N-dealkylation sites (N-methyl/N-ethyl adjacent to an activating group) is 1. The minimum atomic E-state index is -0.318. The van der Waals surface area contributed by atoms with Crippen LogP contribution in [0.15, 0.2) is 36.7 Å². The Kier molecular flexibility index (Phi) is 4.75. The van der Waals surface area contributed by atoms with Crippen LogP contribution >= 0.6 is 23.2 Å². The van der Waals surface area contributed by atoms with Gasteiger partial charge >= 0.3 is 0 Å². The number of hydrogen-bond donors (Lipinski definition) is 1. The number of halogens is 3. The topological polar surface area (TPSA) is 24.9 Å². The quantitative estimate of drug-likeness (QED) is 0.922. The molecule has 1 N–H and O–H groups in total. The SMILES string of the molecule is CNC(Cc1ccc(Cl)c(Cl)c1)c1ccncc1F. The van der Waals surface area contributed by atoms with E-state index in [1.807, 2.05) is 6.07 Å². The molecule has 1 aromatic heterocycles. The maximum Gasteiger partial charge on any atom is 0.146 e. The predicted octanol–water partition coefficient (Wildman–Crippen LogP) is 4.03. The molecule has 1 aromatic carbocycles. The van der Waals surface area contributed by atoms with Gasteiger partial charge in [0.15, 0.2) is 0 Å². The van der Waals surface area contributed by atoms with E-state index in [0.29, 0.717) is 22.0 Å². The summed E-state index contributed by atoms with van der Waals surface area (Å²) in [6, 6.07) is 6.97. The fourth-order valence-electron chi connectivity index (χ4n) is 1.94. The number of nitrogens with one attached hydrogen (secondary N) is 1. The van der Waals surface area contributed by atoms with Crippen molar-refractivity contribution in [2.24, 2.45) is 0 Å². The zero-order valence-electron chi connectivity index (χ0n) is 10.3. The highest BCUT2D eigenvalue weighted by Crippen LogP contribution is 2.26. The normalized spacial score (nSPS) is 12.4. The van der Waals surface area contributed by atoms with Crippen LogP contribution in [0.4, 0.5) is 4.39 Å². The summed E-state index contributed by atoms with van der Waals surface area (Å²) in [5.74, 6) is -0.318. The van der Waals surface area contributed by atoms with Gasteiger partial charge in [-0.15, -0.1) is 0 Å². The van der Waals surface area contributed by atoms with E-state index in [2.05, 4.69) is 10.3 Å². The summed E-state index contributed by atoms with van der Waals surface area (Å²) in [5, 5.41) is 4.12. The third kappa shape index (κ3) is 3.44. The molecule has 1 atom stereocenters. The van der Waals surface area contributed by atoms with E-state index in [1.165, 1.54) is 6.20 Å². The molecule has 1 unspecified atom stereocenters. The first-order valence-electron chi connectivity index (χ1n) is 5.82. The molecule has 2 aromatic rings. The van der Waals surface area contributed by atoms with Crippen LogP contribution in [0.5, 0.6) is 0 Å². The highest BCUT2D eigenvalue weighted by Gasteiger charge is 2.15. The lowest BCUT2D eigenvalue weighted by atomic mass is 9.99. The molecule has 0 fully saturated rings. The van der Waals surface area contributed by atoms with E-state index in [0.717, 1.165) is 5.56 Å². The van der Waals surface area contributed by atoms with E-state index in [1.54, 1.807) is 31.4 Å². The Balaban J connectivity index is 2.24. The van der Waals surface area contributed by atoms with Gasteiger partial charge in [0.2, 0.25) is 0 Å². The van der Waals surface area contributed by atoms with Gasteiger partial charge in [0.25, 0.3) is 0 Å². The number of rotatable bonds is 4. The summed E-state index contributed by atoms with van der Waals surface area (Å²) >= 11 is 11.9. The lowest BCUT2D eigenvalue weighted by Crippen LogP contribution is -2.20. The highest BCUT2D eigenvalue weighted by molar-refractivity contribution is 6.42. The van der Waals surface area contributed by atoms with E-state index in [9.17, 15) is 4.39 Å². The monoisotopic (exact) mass is 298 g/mol. The average Bonchev–Trinajstić information content (AvgIpc) is 2.41. The Bertz CT molecular complexity index is 575. The van der Waals surface area contributed by atoms with Gasteiger partial charge in [-0.25, -0.2) is 4.39 Å². The molecule has 0 saturated carbocycles. The van der Waals surface area contributed by atoms with Crippen LogP contribution in [-0.4, -0.2) is 12.0 Å². The summed E-state index contributed by atoms with van der Waals surface area (Å²) in [7, 11) is 1.79. The molecule has 0 aliphatic carbocycles. The second-order valence-corrected chi connectivity index (χ2v) is 5.01. The van der Waals surface area contributed by atoms with E-state index in [-0.39, 0.29) is 11.9 Å². The molecule has 0 aliphatic rings. The standard InChI is InChI=1S/C14H13Cl2FN2/c1-18-14(10-4-5-19-8-13(10)17)7-9-2-3-11(15)12(16)6-9/h2-6,8,14,18H,7H2,1H3. The highest BCUT2D eigenvalue weighted by atomic mass is 35.5. The molecule has 2 rings (SSSR count). The summed E-state index contributed by atoms with van der Waals surface area (Å²) in [5.41, 5.74) is 1.58. The van der Waals surface area contributed by atoms with E-state index >= 15 is 0 Å². The van der Waals surface area contributed by atoms with Gasteiger partial charge in [0.1, 0.15) is 5.82 Å². The lowest BCUT2D eigenvalue weighted by Gasteiger charge is -2.17. The first kappa shape index (κ1) is 14.3. The molecule has 1 heterocycles. The Morgan fingerprint density at radius 3 is 2.68 bits per heavy atom. The van der Waals surface area contributed by atoms with Gasteiger partial charge in [-0.1, -0.05) is 29.3 Å². The zero-order valence-corrected chi connectivity index (χ0v) is 11.8. The van der Waals surface area contributed by atoms with Crippen molar-refractivity contribution in [2.75, 3.05) is 7.05 Å². The van der Waals surface area contributed by atoms with Crippen LogP contribution in [-0.2, 0) is 6.42 Å². The zero-order chi connectivity index (χ0) is 13.8. The van der Waals surface area contributed by atoms with Crippen LogP contribution in [0.25, 0.3) is 0 Å². The van der Waals surface area contributed by atoms with Crippen molar-refractivity contribution in [3.8, 4) is 0 Å². The fraction of sp³-hybridized carbons (Fsp3) is 0.214. The third-order valence-electron chi connectivity index (χ3n) is 2.95. The third-order valence-corrected chi connectivity index (χ3v) is 3.69. The van der Waals surface area contributed by atoms with Crippen molar-refractivity contribution in [1.82, 2.24) is 10.3 Å². The molecule has 19 heavy (non-hydrogen) atoms. The van der Waals surface area contributed by atoms with Crippen molar-refractivity contribution in [1.29, 1.82) is 0 Å². The van der Waals surface area contributed by atoms with Gasteiger partial charge in [-0.3, -0.25) is 4.98 Å². The van der Waals surface area contributed by atoms with Gasteiger partial charge in [0, 0.05) is 17.8 Å². The molecule has 0 saturated heterocycles. The number of aromatic nitrogens is 1. The second-order valence-electron chi connectivity index (χ2n) is 4.19. The molecule has 0 aliphatic heterocycles. The van der Waals surface area contributed by atoms with E-state index < -0.39 is 0 Å². The van der Waals surface area contributed by atoms with Crippen LogP contribution < -0.4 is 5.32 Å². The minimum Gasteiger partial charge on any atom is -0.313 e. The van der Waals surface area contributed by atoms with Crippen molar-refractivity contribution in [3.63, 3.8) is 0 Å². The number of hydrogen-bond acceptors (Lipinski definition) is 2. The first-order chi connectivity index (χ1) is 9.11. The maximum absolute atomic E-state index is 13.7. The van der Waals surface area contributed by atoms with Crippen molar-refractivity contribution < 1.29 is 4.39 Å². The van der Waals surface area contributed by atoms with E-state index in [4.69, 9.17) is 23.2 Å². The number of pyridine rings is 1. The van der Waals surface area contributed by atoms with Crippen molar-refractivity contribution in [2.45, 2.75) is 12.5 Å². The molecule has 0 radical (unpaired) electrons. The van der Waals surface area contributed by atoms with Gasteiger partial charge < -0.3 is 5.32 Å². The summed E-state index contributed by atoms with van der Waals surface area (Å²) in [6.07, 6.45) is 3.42. The maximum atomic E-state index is 13.7. The largest absolute Gasteiger partial charge is 0.313 e. The molecule has 0 bridgehead atoms. The number of nitrogens with zero attached hydrogens (tertiary/aromatic N) is 1. The first-order valence-corrected chi connectivity index (χ1v) is 6.58. The van der Waals surface area contributed by atoms with Crippen molar-refractivity contribution in [3.05, 3.63) is 63.6 Å².